The molecule has 6 aliphatic rings. The summed E-state index contributed by atoms with van der Waals surface area (Å²) in [6, 6.07) is 17.8. The highest BCUT2D eigenvalue weighted by Gasteiger charge is 2.71. The zero-order chi connectivity index (χ0) is 47.8. The Morgan fingerprint density at radius 1 is 0.773 bits per heavy atom. The summed E-state index contributed by atoms with van der Waals surface area (Å²) in [7, 11) is 4.19. The van der Waals surface area contributed by atoms with Crippen molar-refractivity contribution in [2.24, 2.45) is 68.0 Å². The van der Waals surface area contributed by atoms with Crippen LogP contribution in [0.1, 0.15) is 138 Å². The van der Waals surface area contributed by atoms with Gasteiger partial charge in [-0.15, -0.1) is 0 Å². The molecule has 11 atom stereocenters. The van der Waals surface area contributed by atoms with Crippen molar-refractivity contribution in [2.75, 3.05) is 33.7 Å². The Morgan fingerprint density at radius 2 is 1.45 bits per heavy atom. The lowest BCUT2D eigenvalue weighted by atomic mass is 9.33. The van der Waals surface area contributed by atoms with Crippen molar-refractivity contribution in [3.05, 3.63) is 81.9 Å². The van der Waals surface area contributed by atoms with E-state index >= 15 is 0 Å². The highest BCUT2D eigenvalue weighted by Crippen LogP contribution is 2.77. The first-order valence-corrected chi connectivity index (χ1v) is 25.9. The smallest absolute Gasteiger partial charge is 0.309 e. The normalized spacial score (nSPS) is 36.0. The fraction of sp³-hybridized carbons (Fsp3) is 0.702. The van der Waals surface area contributed by atoms with Gasteiger partial charge in [-0.3, -0.25) is 19.3 Å². The van der Waals surface area contributed by atoms with Crippen LogP contribution in [0.3, 0.4) is 0 Å². The van der Waals surface area contributed by atoms with E-state index in [4.69, 9.17) is 21.1 Å². The third kappa shape index (κ3) is 8.25. The molecule has 0 unspecified atom stereocenters. The summed E-state index contributed by atoms with van der Waals surface area (Å²) in [5, 5.41) is 13.5. The highest BCUT2D eigenvalue weighted by atomic mass is 35.5. The minimum Gasteiger partial charge on any atom is -0.462 e. The number of nitrogens with zero attached hydrogens (tertiary/aromatic N) is 2. The van der Waals surface area contributed by atoms with Crippen molar-refractivity contribution >= 4 is 29.3 Å². The van der Waals surface area contributed by atoms with Gasteiger partial charge in [-0.25, -0.2) is 0 Å². The van der Waals surface area contributed by atoms with Crippen LogP contribution in [0.4, 0.5) is 0 Å². The van der Waals surface area contributed by atoms with E-state index in [1.807, 2.05) is 56.3 Å². The number of hydrogen-bond acceptors (Lipinski definition) is 8. The Balaban J connectivity index is 0.990. The predicted octanol–water partition coefficient (Wildman–Crippen LogP) is 11.4. The maximum absolute atomic E-state index is 14.4. The molecule has 6 aliphatic carbocycles. The van der Waals surface area contributed by atoms with Gasteiger partial charge in [0.2, 0.25) is 0 Å². The number of aliphatic hydroxyl groups excluding tert-OH is 1. The molecule has 8 rings (SSSR count). The van der Waals surface area contributed by atoms with Crippen LogP contribution in [-0.2, 0) is 37.0 Å². The van der Waals surface area contributed by atoms with Gasteiger partial charge in [0.15, 0.2) is 5.78 Å². The lowest BCUT2D eigenvalue weighted by Crippen LogP contribution is -2.66. The van der Waals surface area contributed by atoms with Crippen molar-refractivity contribution in [3.8, 4) is 0 Å². The number of fused-ring (bicyclic) bond motifs is 7. The maximum atomic E-state index is 14.4. The van der Waals surface area contributed by atoms with Gasteiger partial charge in [0.1, 0.15) is 12.7 Å². The number of hydrogen-bond donors (Lipinski definition) is 1. The molecule has 0 aromatic heterocycles. The molecule has 0 aliphatic heterocycles. The van der Waals surface area contributed by atoms with Crippen molar-refractivity contribution in [1.82, 2.24) is 9.80 Å². The molecule has 2 aromatic rings. The van der Waals surface area contributed by atoms with E-state index in [-0.39, 0.29) is 75.8 Å². The van der Waals surface area contributed by atoms with Crippen molar-refractivity contribution in [2.45, 2.75) is 152 Å². The second kappa shape index (κ2) is 18.0. The van der Waals surface area contributed by atoms with Gasteiger partial charge in [0.25, 0.3) is 0 Å². The van der Waals surface area contributed by atoms with Crippen LogP contribution in [0.5, 0.6) is 0 Å². The van der Waals surface area contributed by atoms with Gasteiger partial charge in [-0.05, 0) is 146 Å². The second-order valence-electron chi connectivity index (χ2n) is 24.6. The topological polar surface area (TPSA) is 96.4 Å². The monoisotopic (exact) mass is 925 g/mol. The minimum atomic E-state index is -0.658. The van der Waals surface area contributed by atoms with E-state index in [2.05, 4.69) is 84.5 Å². The van der Waals surface area contributed by atoms with Gasteiger partial charge in [0.05, 0.1) is 17.9 Å². The SMILES string of the molecule is CC(C)C1=C2[C@H]3CC[C@@H]4[C@@]5(C)CC[C@H](OC(=O)[C@H]6C[C@@H](C(=O)OCc7ccccc7)C6(C)C)C(C)(C)[C@@H]5CC[C@@]4(C)[C@]3(C)CC[C@@]2([C@@H](O)CN(CCN(C)C)Cc2ccc(Cl)cc2)CC1=O. The van der Waals surface area contributed by atoms with Gasteiger partial charge in [-0.1, -0.05) is 122 Å². The van der Waals surface area contributed by atoms with Crippen LogP contribution in [0.2, 0.25) is 5.02 Å². The number of carbonyl (C=O) groups is 3. The number of Topliss-reactive ketones (excluding diaryl/α,β-unsaturated/α-hetero) is 1. The number of likely N-dealkylation sites (N-methyl/N-ethyl adjacent to an activating group) is 1. The van der Waals surface area contributed by atoms with E-state index in [0.717, 1.165) is 80.6 Å². The standard InChI is InChI=1S/C57H81ClN2O6/c1-36(2)48-43(61)32-57(46(62)34-60(30-29-59(10)11)33-37-17-19-39(58)20-18-37)28-27-55(8)40(49(48)57)21-22-45-54(7)25-24-47(53(5,6)44(54)23-26-56(45,55)9)66-51(64)42-31-41(52(42,3)4)50(63)65-35-38-15-13-12-14-16-38/h12-20,36,40-42,44-47,62H,21-35H2,1-11H3/t40-,41+,42-,44+,45-,46+,47+,54+,55-,56-,57+/m1/s1. The van der Waals surface area contributed by atoms with Crippen LogP contribution >= 0.6 is 11.6 Å². The first-order chi connectivity index (χ1) is 31.0. The first kappa shape index (κ1) is 49.4. The largest absolute Gasteiger partial charge is 0.462 e. The quantitative estimate of drug-likeness (QED) is 0.187. The van der Waals surface area contributed by atoms with E-state index < -0.39 is 16.9 Å². The number of benzene rings is 2. The molecule has 0 bridgehead atoms. The van der Waals surface area contributed by atoms with E-state index in [1.54, 1.807) is 0 Å². The number of esters is 2. The molecule has 2 aromatic carbocycles. The fourth-order valence-corrected chi connectivity index (χ4v) is 16.0. The third-order valence-corrected chi connectivity index (χ3v) is 20.2. The molecule has 0 spiro atoms. The number of halogens is 1. The summed E-state index contributed by atoms with van der Waals surface area (Å²) in [4.78, 5) is 46.3. The molecule has 0 saturated heterocycles. The van der Waals surface area contributed by atoms with Gasteiger partial charge in [-0.2, -0.15) is 0 Å². The average molecular weight is 926 g/mol. The predicted molar refractivity (Wildman–Crippen MR) is 262 cm³/mol. The van der Waals surface area contributed by atoms with E-state index in [9.17, 15) is 19.5 Å². The second-order valence-corrected chi connectivity index (χ2v) is 25.0. The van der Waals surface area contributed by atoms with Crippen molar-refractivity contribution in [1.29, 1.82) is 0 Å². The molecule has 8 nitrogen and oxygen atoms in total. The molecule has 362 valence electrons. The molecular formula is C57H81ClN2O6. The van der Waals surface area contributed by atoms with E-state index in [0.29, 0.717) is 37.8 Å². The average Bonchev–Trinajstić information content (AvgIpc) is 3.57. The number of carbonyl (C=O) groups excluding carboxylic acids is 3. The number of ether oxygens (including phenoxy) is 2. The Morgan fingerprint density at radius 3 is 2.11 bits per heavy atom. The maximum Gasteiger partial charge on any atom is 0.309 e. The molecule has 0 radical (unpaired) electrons. The van der Waals surface area contributed by atoms with Gasteiger partial charge >= 0.3 is 11.9 Å². The van der Waals surface area contributed by atoms with Crippen LogP contribution in [0.15, 0.2) is 65.7 Å². The summed E-state index contributed by atoms with van der Waals surface area (Å²) in [6.07, 6.45) is 8.02. The van der Waals surface area contributed by atoms with Crippen LogP contribution in [0, 0.1) is 68.0 Å². The lowest BCUT2D eigenvalue weighted by molar-refractivity contribution is -0.238. The Hall–Kier alpha value is -3.04. The lowest BCUT2D eigenvalue weighted by Gasteiger charge is -2.72. The molecular weight excluding hydrogens is 844 g/mol. The van der Waals surface area contributed by atoms with Gasteiger partial charge in [0, 0.05) is 48.5 Å². The molecule has 9 heteroatoms. The summed E-state index contributed by atoms with van der Waals surface area (Å²) < 4.78 is 12.3. The van der Waals surface area contributed by atoms with Crippen LogP contribution < -0.4 is 0 Å². The molecule has 1 N–H and O–H groups in total. The highest BCUT2D eigenvalue weighted by molar-refractivity contribution is 6.30. The number of rotatable bonds is 14. The van der Waals surface area contributed by atoms with Crippen LogP contribution in [0.25, 0.3) is 0 Å². The molecule has 5 fully saturated rings. The summed E-state index contributed by atoms with van der Waals surface area (Å²) in [5.74, 6) is 0.407. The summed E-state index contributed by atoms with van der Waals surface area (Å²) in [5.41, 5.74) is 3.23. The molecule has 66 heavy (non-hydrogen) atoms. The van der Waals surface area contributed by atoms with Gasteiger partial charge < -0.3 is 19.5 Å². The molecule has 0 amide bonds. The number of allylic oxidation sites excluding steroid dienone is 1. The van der Waals surface area contributed by atoms with Crippen molar-refractivity contribution < 1.29 is 29.0 Å². The number of aliphatic hydroxyl groups is 1. The third-order valence-electron chi connectivity index (χ3n) is 20.0. The molecule has 5 saturated carbocycles. The minimum absolute atomic E-state index is 0.0246. The zero-order valence-corrected chi connectivity index (χ0v) is 42.9. The Labute approximate surface area is 402 Å². The fourth-order valence-electron chi connectivity index (χ4n) is 15.9. The summed E-state index contributed by atoms with van der Waals surface area (Å²) >= 11 is 6.27. The van der Waals surface area contributed by atoms with Crippen molar-refractivity contribution in [3.63, 3.8) is 0 Å². The Kier molecular flexibility index (Phi) is 13.5. The summed E-state index contributed by atoms with van der Waals surface area (Å²) in [6.45, 7) is 24.0. The molecule has 0 heterocycles. The van der Waals surface area contributed by atoms with Crippen LogP contribution in [-0.4, -0.2) is 78.6 Å². The first-order valence-electron chi connectivity index (χ1n) is 25.5. The van der Waals surface area contributed by atoms with E-state index in [1.165, 1.54) is 11.1 Å². The Bertz CT molecular complexity index is 2170. The number of ketones is 1. The zero-order valence-electron chi connectivity index (χ0n) is 42.2.